The van der Waals surface area contributed by atoms with Crippen LogP contribution in [-0.2, 0) is 17.6 Å². The Labute approximate surface area is 150 Å². The maximum atomic E-state index is 12.4. The van der Waals surface area contributed by atoms with Gasteiger partial charge in [0.25, 0.3) is 0 Å². The van der Waals surface area contributed by atoms with Gasteiger partial charge in [-0.1, -0.05) is 24.3 Å². The van der Waals surface area contributed by atoms with Gasteiger partial charge in [0.2, 0.25) is 5.91 Å². The molecule has 0 heterocycles. The molecule has 1 amide bonds. The van der Waals surface area contributed by atoms with Crippen molar-refractivity contribution in [3.63, 3.8) is 0 Å². The van der Waals surface area contributed by atoms with Crippen molar-refractivity contribution in [3.05, 3.63) is 59.2 Å². The standard InChI is InChI=1S/C20H19F2NO3/c21-20(22)26-18-7-2-1-6-16(18)23-19(25)11-10-17(24)15-9-8-13-4-3-5-14(13)12-15/h1-2,6-9,12,20H,3-5,10-11H2,(H,23,25). The summed E-state index contributed by atoms with van der Waals surface area (Å²) in [6, 6.07) is 11.6. The molecule has 1 aliphatic rings. The number of alkyl halides is 2. The average molecular weight is 359 g/mol. The molecule has 26 heavy (non-hydrogen) atoms. The van der Waals surface area contributed by atoms with Gasteiger partial charge in [0, 0.05) is 18.4 Å². The van der Waals surface area contributed by atoms with E-state index >= 15 is 0 Å². The molecule has 0 spiro atoms. The Kier molecular flexibility index (Phi) is 5.61. The van der Waals surface area contributed by atoms with Crippen molar-refractivity contribution in [2.75, 3.05) is 5.32 Å². The van der Waals surface area contributed by atoms with E-state index in [2.05, 4.69) is 10.1 Å². The van der Waals surface area contributed by atoms with Gasteiger partial charge in [-0.3, -0.25) is 9.59 Å². The third-order valence-electron chi connectivity index (χ3n) is 4.38. The Morgan fingerprint density at radius 1 is 1.04 bits per heavy atom. The lowest BCUT2D eigenvalue weighted by Crippen LogP contribution is -2.15. The maximum absolute atomic E-state index is 12.4. The van der Waals surface area contributed by atoms with Crippen molar-refractivity contribution >= 4 is 17.4 Å². The molecule has 2 aromatic rings. The third-order valence-corrected chi connectivity index (χ3v) is 4.38. The monoisotopic (exact) mass is 359 g/mol. The van der Waals surface area contributed by atoms with Crippen molar-refractivity contribution in [3.8, 4) is 5.75 Å². The van der Waals surface area contributed by atoms with E-state index in [1.54, 1.807) is 12.1 Å². The first-order valence-corrected chi connectivity index (χ1v) is 8.51. The number of carbonyl (C=O) groups excluding carboxylic acids is 2. The Morgan fingerprint density at radius 2 is 1.81 bits per heavy atom. The number of Topliss-reactive ketones (excluding diaryl/α,β-unsaturated/α-hetero) is 1. The van der Waals surface area contributed by atoms with Gasteiger partial charge in [-0.15, -0.1) is 0 Å². The topological polar surface area (TPSA) is 55.4 Å². The molecule has 0 atom stereocenters. The Hall–Kier alpha value is -2.76. The number of ether oxygens (including phenoxy) is 1. The van der Waals surface area contributed by atoms with Crippen molar-refractivity contribution in [1.29, 1.82) is 0 Å². The second-order valence-corrected chi connectivity index (χ2v) is 6.18. The van der Waals surface area contributed by atoms with Crippen LogP contribution in [0.2, 0.25) is 0 Å². The van der Waals surface area contributed by atoms with Gasteiger partial charge >= 0.3 is 6.61 Å². The van der Waals surface area contributed by atoms with Gasteiger partial charge in [-0.05, 0) is 48.6 Å². The van der Waals surface area contributed by atoms with E-state index in [1.807, 2.05) is 12.1 Å². The SMILES string of the molecule is O=C(CCC(=O)c1ccc2c(c1)CCC2)Nc1ccccc1OC(F)F. The first kappa shape index (κ1) is 18.0. The molecule has 0 aliphatic heterocycles. The number of aryl methyl sites for hydroxylation is 2. The van der Waals surface area contributed by atoms with E-state index in [9.17, 15) is 18.4 Å². The molecule has 1 N–H and O–H groups in total. The molecule has 0 radical (unpaired) electrons. The van der Waals surface area contributed by atoms with E-state index in [-0.39, 0.29) is 30.1 Å². The zero-order valence-corrected chi connectivity index (χ0v) is 14.1. The Morgan fingerprint density at radius 3 is 2.62 bits per heavy atom. The summed E-state index contributed by atoms with van der Waals surface area (Å²) in [5.41, 5.74) is 3.26. The molecule has 6 heteroatoms. The van der Waals surface area contributed by atoms with Crippen LogP contribution in [0.15, 0.2) is 42.5 Å². The number of hydrogen-bond donors (Lipinski definition) is 1. The summed E-state index contributed by atoms with van der Waals surface area (Å²) < 4.78 is 29.2. The highest BCUT2D eigenvalue weighted by atomic mass is 19.3. The summed E-state index contributed by atoms with van der Waals surface area (Å²) in [6.45, 7) is -2.98. The number of ketones is 1. The molecule has 0 saturated carbocycles. The van der Waals surface area contributed by atoms with Crippen LogP contribution >= 0.6 is 0 Å². The van der Waals surface area contributed by atoms with Crippen LogP contribution < -0.4 is 10.1 Å². The van der Waals surface area contributed by atoms with Crippen LogP contribution in [0.5, 0.6) is 5.75 Å². The molecule has 4 nitrogen and oxygen atoms in total. The average Bonchev–Trinajstić information content (AvgIpc) is 3.08. The van der Waals surface area contributed by atoms with Crippen molar-refractivity contribution < 1.29 is 23.1 Å². The highest BCUT2D eigenvalue weighted by Crippen LogP contribution is 2.26. The summed E-state index contributed by atoms with van der Waals surface area (Å²) in [4.78, 5) is 24.4. The molecule has 136 valence electrons. The quantitative estimate of drug-likeness (QED) is 0.747. The first-order chi connectivity index (χ1) is 12.5. The zero-order chi connectivity index (χ0) is 18.5. The molecule has 3 rings (SSSR count). The van der Waals surface area contributed by atoms with Gasteiger partial charge < -0.3 is 10.1 Å². The van der Waals surface area contributed by atoms with Crippen molar-refractivity contribution in [2.45, 2.75) is 38.7 Å². The van der Waals surface area contributed by atoms with Gasteiger partial charge in [0.15, 0.2) is 5.78 Å². The Balaban J connectivity index is 1.57. The van der Waals surface area contributed by atoms with Gasteiger partial charge in [0.1, 0.15) is 5.75 Å². The van der Waals surface area contributed by atoms with Gasteiger partial charge in [-0.25, -0.2) is 0 Å². The molecule has 0 saturated heterocycles. The van der Waals surface area contributed by atoms with E-state index < -0.39 is 12.5 Å². The number of nitrogens with one attached hydrogen (secondary N) is 1. The van der Waals surface area contributed by atoms with E-state index in [0.29, 0.717) is 5.56 Å². The number of benzene rings is 2. The highest BCUT2D eigenvalue weighted by molar-refractivity contribution is 6.00. The minimum Gasteiger partial charge on any atom is -0.433 e. The third kappa shape index (κ3) is 4.45. The number of amides is 1. The summed E-state index contributed by atoms with van der Waals surface area (Å²) >= 11 is 0. The maximum Gasteiger partial charge on any atom is 0.387 e. The fraction of sp³-hybridized carbons (Fsp3) is 0.300. The van der Waals surface area contributed by atoms with Crippen LogP contribution in [0.1, 0.15) is 40.7 Å². The first-order valence-electron chi connectivity index (χ1n) is 8.51. The number of rotatable bonds is 7. The normalized spacial score (nSPS) is 12.7. The van der Waals surface area contributed by atoms with Crippen LogP contribution in [0.4, 0.5) is 14.5 Å². The molecule has 0 bridgehead atoms. The molecule has 1 aliphatic carbocycles. The summed E-state index contributed by atoms with van der Waals surface area (Å²) in [5, 5.41) is 2.51. The summed E-state index contributed by atoms with van der Waals surface area (Å²) in [7, 11) is 0. The molecular weight excluding hydrogens is 340 g/mol. The van der Waals surface area contributed by atoms with Crippen LogP contribution in [0, 0.1) is 0 Å². The van der Waals surface area contributed by atoms with Gasteiger partial charge in [-0.2, -0.15) is 8.78 Å². The number of carbonyl (C=O) groups is 2. The van der Waals surface area contributed by atoms with Crippen LogP contribution in [0.25, 0.3) is 0 Å². The number of halogens is 2. The van der Waals surface area contributed by atoms with E-state index in [4.69, 9.17) is 0 Å². The number of anilines is 1. The fourth-order valence-corrected chi connectivity index (χ4v) is 3.10. The molecule has 0 unspecified atom stereocenters. The number of fused-ring (bicyclic) bond motifs is 1. The lowest BCUT2D eigenvalue weighted by atomic mass is 10.0. The summed E-state index contributed by atoms with van der Waals surface area (Å²) in [6.07, 6.45) is 3.17. The molecule has 0 aromatic heterocycles. The minimum absolute atomic E-state index is 0.0288. The predicted molar refractivity (Wildman–Crippen MR) is 93.7 cm³/mol. The molecule has 2 aromatic carbocycles. The second-order valence-electron chi connectivity index (χ2n) is 6.18. The molecule has 0 fully saturated rings. The highest BCUT2D eigenvalue weighted by Gasteiger charge is 2.16. The smallest absolute Gasteiger partial charge is 0.387 e. The fourth-order valence-electron chi connectivity index (χ4n) is 3.10. The summed E-state index contributed by atoms with van der Waals surface area (Å²) in [5.74, 6) is -0.641. The lowest BCUT2D eigenvalue weighted by molar-refractivity contribution is -0.116. The largest absolute Gasteiger partial charge is 0.433 e. The predicted octanol–water partition coefficient (Wildman–Crippen LogP) is 4.38. The van der Waals surface area contributed by atoms with Crippen molar-refractivity contribution in [1.82, 2.24) is 0 Å². The van der Waals surface area contributed by atoms with Crippen LogP contribution in [-0.4, -0.2) is 18.3 Å². The van der Waals surface area contributed by atoms with Gasteiger partial charge in [0.05, 0.1) is 5.69 Å². The van der Waals surface area contributed by atoms with Crippen LogP contribution in [0.3, 0.4) is 0 Å². The Bertz CT molecular complexity index is 820. The van der Waals surface area contributed by atoms with E-state index in [1.165, 1.54) is 29.3 Å². The number of para-hydroxylation sites is 2. The van der Waals surface area contributed by atoms with Crippen molar-refractivity contribution in [2.24, 2.45) is 0 Å². The minimum atomic E-state index is -2.98. The number of hydrogen-bond acceptors (Lipinski definition) is 3. The second kappa shape index (κ2) is 8.08. The van der Waals surface area contributed by atoms with E-state index in [0.717, 1.165) is 19.3 Å². The lowest BCUT2D eigenvalue weighted by Gasteiger charge is -2.11. The zero-order valence-electron chi connectivity index (χ0n) is 14.1. The molecular formula is C20H19F2NO3.